The van der Waals surface area contributed by atoms with Gasteiger partial charge in [0, 0.05) is 0 Å². The van der Waals surface area contributed by atoms with Crippen molar-refractivity contribution in [3.05, 3.63) is 54.6 Å². The van der Waals surface area contributed by atoms with Gasteiger partial charge in [0.15, 0.2) is 0 Å². The third-order valence-electron chi connectivity index (χ3n) is 2.15. The maximum atomic E-state index is 8.92. The first-order valence-electron chi connectivity index (χ1n) is 4.78. The molecule has 72 valence electrons. The molecule has 1 aromatic rings. The second-order valence-electron chi connectivity index (χ2n) is 3.22. The van der Waals surface area contributed by atoms with Crippen LogP contribution in [0.15, 0.2) is 59.6 Å². The van der Waals surface area contributed by atoms with E-state index in [2.05, 4.69) is 11.1 Å². The Morgan fingerprint density at radius 1 is 1.13 bits per heavy atom. The number of allylic oxidation sites excluding steroid dienone is 4. The number of hydrogen-bond acceptors (Lipinski definition) is 2. The van der Waals surface area contributed by atoms with Gasteiger partial charge < -0.3 is 0 Å². The van der Waals surface area contributed by atoms with Crippen molar-refractivity contribution < 1.29 is 0 Å². The molecule has 2 rings (SSSR count). The first-order chi connectivity index (χ1) is 7.40. The minimum atomic E-state index is -0.227. The standard InChI is InChI=1S/C13H10N2/c14-10-11-6-4-5-9-13(11)15-12-7-2-1-3-8-12/h1-9,11H. The predicted octanol–water partition coefficient (Wildman–Crippen LogP) is 3.02. The number of nitriles is 1. The first kappa shape index (κ1) is 9.42. The van der Waals surface area contributed by atoms with Gasteiger partial charge in [-0.2, -0.15) is 5.26 Å². The number of aliphatic imine (C=N–C) groups is 1. The quantitative estimate of drug-likeness (QED) is 0.676. The molecule has 0 radical (unpaired) electrons. The zero-order chi connectivity index (χ0) is 10.5. The Morgan fingerprint density at radius 2 is 1.93 bits per heavy atom. The lowest BCUT2D eigenvalue weighted by atomic mass is 10.00. The van der Waals surface area contributed by atoms with E-state index in [1.165, 1.54) is 0 Å². The van der Waals surface area contributed by atoms with Gasteiger partial charge in [0.25, 0.3) is 0 Å². The van der Waals surface area contributed by atoms with Crippen molar-refractivity contribution >= 4 is 11.4 Å². The van der Waals surface area contributed by atoms with E-state index < -0.39 is 0 Å². The van der Waals surface area contributed by atoms with Crippen molar-refractivity contribution in [1.82, 2.24) is 0 Å². The van der Waals surface area contributed by atoms with Crippen molar-refractivity contribution in [3.8, 4) is 6.07 Å². The van der Waals surface area contributed by atoms with E-state index in [9.17, 15) is 0 Å². The molecule has 2 nitrogen and oxygen atoms in total. The van der Waals surface area contributed by atoms with Crippen LogP contribution >= 0.6 is 0 Å². The summed E-state index contributed by atoms with van der Waals surface area (Å²) in [5, 5.41) is 8.92. The zero-order valence-electron chi connectivity index (χ0n) is 8.17. The predicted molar refractivity (Wildman–Crippen MR) is 60.9 cm³/mol. The normalized spacial score (nSPS) is 21.5. The van der Waals surface area contributed by atoms with Gasteiger partial charge in [-0.3, -0.25) is 4.99 Å². The molecule has 1 atom stereocenters. The highest BCUT2D eigenvalue weighted by molar-refractivity contribution is 6.02. The highest BCUT2D eigenvalue weighted by atomic mass is 14.7. The molecule has 15 heavy (non-hydrogen) atoms. The second kappa shape index (κ2) is 4.39. The summed E-state index contributed by atoms with van der Waals surface area (Å²) in [7, 11) is 0. The summed E-state index contributed by atoms with van der Waals surface area (Å²) < 4.78 is 0. The minimum absolute atomic E-state index is 0.227. The second-order valence-corrected chi connectivity index (χ2v) is 3.22. The Hall–Kier alpha value is -2.14. The van der Waals surface area contributed by atoms with Crippen molar-refractivity contribution in [2.75, 3.05) is 0 Å². The summed E-state index contributed by atoms with van der Waals surface area (Å²) in [5.74, 6) is -0.227. The first-order valence-corrected chi connectivity index (χ1v) is 4.78. The van der Waals surface area contributed by atoms with E-state index >= 15 is 0 Å². The molecule has 1 aliphatic rings. The highest BCUT2D eigenvalue weighted by Crippen LogP contribution is 2.16. The highest BCUT2D eigenvalue weighted by Gasteiger charge is 2.11. The average molecular weight is 194 g/mol. The van der Waals surface area contributed by atoms with E-state index in [0.29, 0.717) is 0 Å². The molecule has 2 heteroatoms. The molecule has 0 amide bonds. The van der Waals surface area contributed by atoms with Crippen LogP contribution in [0.1, 0.15) is 0 Å². The van der Waals surface area contributed by atoms with Gasteiger partial charge in [-0.1, -0.05) is 36.4 Å². The van der Waals surface area contributed by atoms with Crippen LogP contribution in [0.5, 0.6) is 0 Å². The maximum Gasteiger partial charge on any atom is 0.107 e. The lowest BCUT2D eigenvalue weighted by molar-refractivity contribution is 1.13. The molecule has 0 saturated heterocycles. The van der Waals surface area contributed by atoms with E-state index in [4.69, 9.17) is 5.26 Å². The van der Waals surface area contributed by atoms with Crippen LogP contribution in [-0.2, 0) is 0 Å². The van der Waals surface area contributed by atoms with Crippen molar-refractivity contribution in [3.63, 3.8) is 0 Å². The van der Waals surface area contributed by atoms with Gasteiger partial charge in [0.1, 0.15) is 5.92 Å². The van der Waals surface area contributed by atoms with Crippen LogP contribution < -0.4 is 0 Å². The number of hydrogen-bond donors (Lipinski definition) is 0. The largest absolute Gasteiger partial charge is 0.252 e. The summed E-state index contributed by atoms with van der Waals surface area (Å²) in [6, 6.07) is 11.9. The zero-order valence-corrected chi connectivity index (χ0v) is 8.17. The van der Waals surface area contributed by atoms with Crippen LogP contribution in [0.4, 0.5) is 5.69 Å². The summed E-state index contributed by atoms with van der Waals surface area (Å²) in [5.41, 5.74) is 1.68. The smallest absolute Gasteiger partial charge is 0.107 e. The maximum absolute atomic E-state index is 8.92. The van der Waals surface area contributed by atoms with Gasteiger partial charge in [0.2, 0.25) is 0 Å². The van der Waals surface area contributed by atoms with E-state index in [-0.39, 0.29) is 5.92 Å². The lowest BCUT2D eigenvalue weighted by Crippen LogP contribution is -2.09. The fourth-order valence-corrected chi connectivity index (χ4v) is 1.40. The van der Waals surface area contributed by atoms with Gasteiger partial charge in [-0.05, 0) is 18.2 Å². The number of benzene rings is 1. The van der Waals surface area contributed by atoms with Crippen molar-refractivity contribution in [2.45, 2.75) is 0 Å². The van der Waals surface area contributed by atoms with E-state index in [1.807, 2.05) is 54.6 Å². The summed E-state index contributed by atoms with van der Waals surface area (Å²) in [6.07, 6.45) is 7.50. The van der Waals surface area contributed by atoms with Gasteiger partial charge >= 0.3 is 0 Å². The van der Waals surface area contributed by atoms with Crippen LogP contribution in [0, 0.1) is 17.2 Å². The molecule has 0 spiro atoms. The summed E-state index contributed by atoms with van der Waals surface area (Å²) >= 11 is 0. The molecular formula is C13H10N2. The SMILES string of the molecule is N#CC1C=CC=CC1=Nc1ccccc1. The summed E-state index contributed by atoms with van der Waals surface area (Å²) in [4.78, 5) is 4.43. The Kier molecular flexibility index (Phi) is 2.75. The minimum Gasteiger partial charge on any atom is -0.252 e. The number of nitrogens with zero attached hydrogens (tertiary/aromatic N) is 2. The average Bonchev–Trinajstić information content (AvgIpc) is 2.31. The van der Waals surface area contributed by atoms with Gasteiger partial charge in [-0.25, -0.2) is 0 Å². The molecule has 0 bridgehead atoms. The molecule has 1 aliphatic carbocycles. The molecule has 0 heterocycles. The Balaban J connectivity index is 2.31. The molecule has 1 unspecified atom stereocenters. The third kappa shape index (κ3) is 2.21. The van der Waals surface area contributed by atoms with Crippen LogP contribution in [0.3, 0.4) is 0 Å². The molecule has 0 saturated carbocycles. The molecular weight excluding hydrogens is 184 g/mol. The van der Waals surface area contributed by atoms with Crippen LogP contribution in [0.2, 0.25) is 0 Å². The van der Waals surface area contributed by atoms with Crippen LogP contribution in [-0.4, -0.2) is 5.71 Å². The van der Waals surface area contributed by atoms with Gasteiger partial charge in [0.05, 0.1) is 17.5 Å². The Labute approximate surface area is 88.9 Å². The van der Waals surface area contributed by atoms with E-state index in [0.717, 1.165) is 11.4 Å². The topological polar surface area (TPSA) is 36.1 Å². The van der Waals surface area contributed by atoms with Gasteiger partial charge in [-0.15, -0.1) is 0 Å². The molecule has 0 N–H and O–H groups in total. The fraction of sp³-hybridized carbons (Fsp3) is 0.0769. The molecule has 0 fully saturated rings. The molecule has 0 aliphatic heterocycles. The van der Waals surface area contributed by atoms with Crippen LogP contribution in [0.25, 0.3) is 0 Å². The van der Waals surface area contributed by atoms with Crippen molar-refractivity contribution in [1.29, 1.82) is 5.26 Å². The molecule has 0 aromatic heterocycles. The lowest BCUT2D eigenvalue weighted by Gasteiger charge is -2.07. The third-order valence-corrected chi connectivity index (χ3v) is 2.15. The number of para-hydroxylation sites is 1. The molecule has 1 aromatic carbocycles. The Bertz CT molecular complexity index is 461. The van der Waals surface area contributed by atoms with Crippen molar-refractivity contribution in [2.24, 2.45) is 10.9 Å². The van der Waals surface area contributed by atoms with E-state index in [1.54, 1.807) is 0 Å². The monoisotopic (exact) mass is 194 g/mol. The Morgan fingerprint density at radius 3 is 2.67 bits per heavy atom. The fourth-order valence-electron chi connectivity index (χ4n) is 1.40. The summed E-state index contributed by atoms with van der Waals surface area (Å²) in [6.45, 7) is 0. The number of rotatable bonds is 1.